The van der Waals surface area contributed by atoms with Gasteiger partial charge in [0.1, 0.15) is 12.4 Å². The Labute approximate surface area is 179 Å². The molecule has 1 aliphatic heterocycles. The second-order valence-electron chi connectivity index (χ2n) is 7.83. The molecule has 164 valence electrons. The predicted molar refractivity (Wildman–Crippen MR) is 121 cm³/mol. The van der Waals surface area contributed by atoms with Crippen molar-refractivity contribution < 1.29 is 4.74 Å². The number of hydrogen-bond acceptors (Lipinski definition) is 5. The molecule has 0 atom stereocenters. The van der Waals surface area contributed by atoms with Gasteiger partial charge in [-0.15, -0.1) is 10.2 Å². The maximum Gasteiger partial charge on any atom is 0.194 e. The highest BCUT2D eigenvalue weighted by atomic mass is 16.5. The molecule has 1 aromatic carbocycles. The smallest absolute Gasteiger partial charge is 0.194 e. The topological polar surface area (TPSA) is 70.8 Å². The molecule has 0 spiro atoms. The molecule has 8 nitrogen and oxygen atoms in total. The highest BCUT2D eigenvalue weighted by molar-refractivity contribution is 5.80. The number of nitrogens with one attached hydrogen (secondary N) is 1. The summed E-state index contributed by atoms with van der Waals surface area (Å²) < 4.78 is 7.17. The van der Waals surface area contributed by atoms with Gasteiger partial charge < -0.3 is 24.4 Å². The minimum Gasteiger partial charge on any atom is -0.385 e. The number of benzene rings is 1. The van der Waals surface area contributed by atoms with Crippen LogP contribution in [0.15, 0.2) is 23.2 Å². The highest BCUT2D eigenvalue weighted by Crippen LogP contribution is 2.23. The van der Waals surface area contributed by atoms with Crippen LogP contribution in [0, 0.1) is 20.8 Å². The van der Waals surface area contributed by atoms with Gasteiger partial charge in [0.2, 0.25) is 0 Å². The number of aromatic nitrogens is 3. The van der Waals surface area contributed by atoms with Crippen molar-refractivity contribution in [3.8, 4) is 0 Å². The standard InChI is InChI=1S/C22H35N7O/c1-17-8-6-9-20(18(17)2)28-11-13-29(14-12-28)22(23-10-7-15-30-5)24-16-21-26-25-19(3)27(21)4/h6,8-9H,7,10-16H2,1-5H3,(H,23,24). The lowest BCUT2D eigenvalue weighted by molar-refractivity contribution is 0.195. The predicted octanol–water partition coefficient (Wildman–Crippen LogP) is 2.04. The number of aryl methyl sites for hydroxylation is 2. The molecule has 1 aliphatic rings. The summed E-state index contributed by atoms with van der Waals surface area (Å²) in [4.78, 5) is 9.69. The Morgan fingerprint density at radius 1 is 1.13 bits per heavy atom. The van der Waals surface area contributed by atoms with E-state index in [9.17, 15) is 0 Å². The zero-order valence-electron chi connectivity index (χ0n) is 19.0. The number of hydrogen-bond donors (Lipinski definition) is 1. The van der Waals surface area contributed by atoms with Crippen LogP contribution in [0.3, 0.4) is 0 Å². The Balaban J connectivity index is 1.66. The fourth-order valence-corrected chi connectivity index (χ4v) is 3.66. The summed E-state index contributed by atoms with van der Waals surface area (Å²) in [7, 11) is 3.72. The number of aliphatic imine (C=N–C) groups is 1. The molecule has 8 heteroatoms. The summed E-state index contributed by atoms with van der Waals surface area (Å²) in [6, 6.07) is 6.56. The van der Waals surface area contributed by atoms with E-state index in [0.717, 1.165) is 63.4 Å². The monoisotopic (exact) mass is 413 g/mol. The third-order valence-corrected chi connectivity index (χ3v) is 5.86. The summed E-state index contributed by atoms with van der Waals surface area (Å²) in [5, 5.41) is 11.9. The maximum atomic E-state index is 5.18. The zero-order valence-corrected chi connectivity index (χ0v) is 19.0. The summed E-state index contributed by atoms with van der Waals surface area (Å²) in [5.41, 5.74) is 4.06. The molecule has 1 fully saturated rings. The van der Waals surface area contributed by atoms with E-state index < -0.39 is 0 Å². The van der Waals surface area contributed by atoms with E-state index in [1.165, 1.54) is 16.8 Å². The second-order valence-corrected chi connectivity index (χ2v) is 7.83. The van der Waals surface area contributed by atoms with Crippen molar-refractivity contribution in [1.29, 1.82) is 0 Å². The van der Waals surface area contributed by atoms with Crippen LogP contribution < -0.4 is 10.2 Å². The van der Waals surface area contributed by atoms with Crippen molar-refractivity contribution in [3.05, 3.63) is 41.0 Å². The zero-order chi connectivity index (χ0) is 21.5. The largest absolute Gasteiger partial charge is 0.385 e. The van der Waals surface area contributed by atoms with Crippen LogP contribution in [-0.2, 0) is 18.3 Å². The number of piperazine rings is 1. The fourth-order valence-electron chi connectivity index (χ4n) is 3.66. The first-order chi connectivity index (χ1) is 14.5. The first kappa shape index (κ1) is 22.1. The van der Waals surface area contributed by atoms with Gasteiger partial charge in [-0.25, -0.2) is 4.99 Å². The van der Waals surface area contributed by atoms with Crippen LogP contribution in [-0.4, -0.2) is 72.1 Å². The highest BCUT2D eigenvalue weighted by Gasteiger charge is 2.21. The van der Waals surface area contributed by atoms with E-state index in [4.69, 9.17) is 9.73 Å². The first-order valence-corrected chi connectivity index (χ1v) is 10.7. The van der Waals surface area contributed by atoms with E-state index in [1.807, 2.05) is 18.5 Å². The van der Waals surface area contributed by atoms with Gasteiger partial charge in [-0.2, -0.15) is 0 Å². The number of guanidine groups is 1. The Hall–Kier alpha value is -2.61. The van der Waals surface area contributed by atoms with Crippen molar-refractivity contribution in [2.75, 3.05) is 51.3 Å². The van der Waals surface area contributed by atoms with Gasteiger partial charge in [0.25, 0.3) is 0 Å². The van der Waals surface area contributed by atoms with Gasteiger partial charge >= 0.3 is 0 Å². The summed E-state index contributed by atoms with van der Waals surface area (Å²) in [6.07, 6.45) is 0.945. The molecule has 0 bridgehead atoms. The molecular formula is C22H35N7O. The van der Waals surface area contributed by atoms with Crippen LogP contribution >= 0.6 is 0 Å². The van der Waals surface area contributed by atoms with Crippen molar-refractivity contribution in [2.24, 2.45) is 12.0 Å². The summed E-state index contributed by atoms with van der Waals surface area (Å²) >= 11 is 0. The molecule has 1 N–H and O–H groups in total. The average molecular weight is 414 g/mol. The Bertz CT molecular complexity index is 853. The van der Waals surface area contributed by atoms with Gasteiger partial charge in [-0.3, -0.25) is 0 Å². The molecule has 0 amide bonds. The molecule has 0 aliphatic carbocycles. The SMILES string of the molecule is COCCCNC(=NCc1nnc(C)n1C)N1CCN(c2cccc(C)c2C)CC1. The molecule has 1 saturated heterocycles. The molecule has 0 unspecified atom stereocenters. The van der Waals surface area contributed by atoms with E-state index in [0.29, 0.717) is 6.54 Å². The first-order valence-electron chi connectivity index (χ1n) is 10.7. The number of anilines is 1. The van der Waals surface area contributed by atoms with Crippen LogP contribution in [0.5, 0.6) is 0 Å². The summed E-state index contributed by atoms with van der Waals surface area (Å²) in [6.45, 7) is 12.3. The molecule has 3 rings (SSSR count). The van der Waals surface area contributed by atoms with Crippen molar-refractivity contribution in [1.82, 2.24) is 25.0 Å². The molecule has 1 aromatic heterocycles. The van der Waals surface area contributed by atoms with Crippen LogP contribution in [0.1, 0.15) is 29.2 Å². The average Bonchev–Trinajstić information content (AvgIpc) is 3.07. The van der Waals surface area contributed by atoms with Gasteiger partial charge in [0.05, 0.1) is 0 Å². The Morgan fingerprint density at radius 2 is 1.90 bits per heavy atom. The summed E-state index contributed by atoms with van der Waals surface area (Å²) in [5.74, 6) is 2.71. The normalized spacial score (nSPS) is 15.0. The molecule has 0 radical (unpaired) electrons. The minimum atomic E-state index is 0.515. The van der Waals surface area contributed by atoms with Crippen molar-refractivity contribution in [3.63, 3.8) is 0 Å². The van der Waals surface area contributed by atoms with Crippen molar-refractivity contribution >= 4 is 11.6 Å². The van der Waals surface area contributed by atoms with Gasteiger partial charge in [0, 0.05) is 59.2 Å². The van der Waals surface area contributed by atoms with Gasteiger partial charge in [-0.1, -0.05) is 12.1 Å². The molecule has 2 aromatic rings. The van der Waals surface area contributed by atoms with E-state index in [1.54, 1.807) is 7.11 Å². The van der Waals surface area contributed by atoms with Crippen molar-refractivity contribution in [2.45, 2.75) is 33.7 Å². The second kappa shape index (κ2) is 10.4. The minimum absolute atomic E-state index is 0.515. The quantitative estimate of drug-likeness (QED) is 0.426. The number of nitrogens with zero attached hydrogens (tertiary/aromatic N) is 6. The van der Waals surface area contributed by atoms with Gasteiger partial charge in [-0.05, 0) is 44.4 Å². The molecule has 30 heavy (non-hydrogen) atoms. The van der Waals surface area contributed by atoms with Gasteiger partial charge in [0.15, 0.2) is 11.8 Å². The van der Waals surface area contributed by atoms with Crippen LogP contribution in [0.25, 0.3) is 0 Å². The Kier molecular flexibility index (Phi) is 7.68. The molecular weight excluding hydrogens is 378 g/mol. The number of rotatable bonds is 7. The van der Waals surface area contributed by atoms with E-state index in [2.05, 4.69) is 57.4 Å². The molecule has 0 saturated carbocycles. The lowest BCUT2D eigenvalue weighted by Gasteiger charge is -2.38. The van der Waals surface area contributed by atoms with Crippen LogP contribution in [0.2, 0.25) is 0 Å². The molecule has 2 heterocycles. The maximum absolute atomic E-state index is 5.18. The number of ether oxygens (including phenoxy) is 1. The lowest BCUT2D eigenvalue weighted by atomic mass is 10.1. The lowest BCUT2D eigenvalue weighted by Crippen LogP contribution is -2.53. The third kappa shape index (κ3) is 5.30. The van der Waals surface area contributed by atoms with E-state index >= 15 is 0 Å². The Morgan fingerprint density at radius 3 is 2.57 bits per heavy atom. The third-order valence-electron chi connectivity index (χ3n) is 5.86. The van der Waals surface area contributed by atoms with Crippen LogP contribution in [0.4, 0.5) is 5.69 Å². The number of methoxy groups -OCH3 is 1. The fraction of sp³-hybridized carbons (Fsp3) is 0.591. The van der Waals surface area contributed by atoms with E-state index in [-0.39, 0.29) is 0 Å².